The van der Waals surface area contributed by atoms with E-state index in [1.807, 2.05) is 30.3 Å². The van der Waals surface area contributed by atoms with E-state index >= 15 is 0 Å². The van der Waals surface area contributed by atoms with Crippen molar-refractivity contribution in [2.24, 2.45) is 0 Å². The lowest BCUT2D eigenvalue weighted by Crippen LogP contribution is -2.35. The predicted octanol–water partition coefficient (Wildman–Crippen LogP) is 2.08. The largest absolute Gasteiger partial charge is 0.417 e. The van der Waals surface area contributed by atoms with Gasteiger partial charge in [0.2, 0.25) is 0 Å². The number of imidazole rings is 1. The summed E-state index contributed by atoms with van der Waals surface area (Å²) in [5.74, 6) is 0. The minimum absolute atomic E-state index is 0.0532. The number of benzene rings is 1. The standard InChI is InChI=1S/C16H14N4O3/c21-14(20-16(22)23-15-17-7-8-18-15)6-5-11-9-12-3-1-2-4-13(12)19-10-11/h1-10,14,21H,(H,17,18)(H,20,22). The number of nitrogens with zero attached hydrogens (tertiary/aromatic N) is 2. The van der Waals surface area contributed by atoms with E-state index in [2.05, 4.69) is 20.3 Å². The van der Waals surface area contributed by atoms with Crippen molar-refractivity contribution in [3.05, 3.63) is 60.6 Å². The third-order valence-corrected chi connectivity index (χ3v) is 3.01. The van der Waals surface area contributed by atoms with Crippen LogP contribution in [0.1, 0.15) is 5.56 Å². The molecule has 2 aromatic heterocycles. The molecule has 1 amide bonds. The van der Waals surface area contributed by atoms with Gasteiger partial charge in [-0.15, -0.1) is 0 Å². The minimum atomic E-state index is -1.19. The summed E-state index contributed by atoms with van der Waals surface area (Å²) in [6.45, 7) is 0. The number of rotatable bonds is 4. The zero-order chi connectivity index (χ0) is 16.1. The molecule has 7 nitrogen and oxygen atoms in total. The SMILES string of the molecule is O=C(NC(O)C=Cc1cnc2ccccc2c1)Oc1ncc[nH]1. The van der Waals surface area contributed by atoms with Gasteiger partial charge in [-0.05, 0) is 23.8 Å². The van der Waals surface area contributed by atoms with Crippen LogP contribution < -0.4 is 10.1 Å². The topological polar surface area (TPSA) is 100 Å². The molecular weight excluding hydrogens is 296 g/mol. The Morgan fingerprint density at radius 2 is 2.22 bits per heavy atom. The number of aromatic amines is 1. The van der Waals surface area contributed by atoms with Crippen LogP contribution in [0.3, 0.4) is 0 Å². The number of para-hydroxylation sites is 1. The fourth-order valence-corrected chi connectivity index (χ4v) is 1.97. The van der Waals surface area contributed by atoms with Crippen LogP contribution in [0.4, 0.5) is 4.79 Å². The first-order chi connectivity index (χ1) is 11.2. The second kappa shape index (κ2) is 6.71. The Morgan fingerprint density at radius 1 is 1.35 bits per heavy atom. The van der Waals surface area contributed by atoms with Gasteiger partial charge in [-0.2, -0.15) is 0 Å². The number of hydrogen-bond donors (Lipinski definition) is 3. The quantitative estimate of drug-likeness (QED) is 0.641. The van der Waals surface area contributed by atoms with Crippen molar-refractivity contribution in [1.82, 2.24) is 20.3 Å². The molecule has 0 fully saturated rings. The number of pyridine rings is 1. The normalized spacial score (nSPS) is 12.4. The first kappa shape index (κ1) is 14.7. The maximum absolute atomic E-state index is 11.5. The second-order valence-electron chi connectivity index (χ2n) is 4.69. The summed E-state index contributed by atoms with van der Waals surface area (Å²) in [4.78, 5) is 22.2. The Morgan fingerprint density at radius 3 is 3.04 bits per heavy atom. The van der Waals surface area contributed by atoms with Crippen LogP contribution in [0.5, 0.6) is 6.01 Å². The Kier molecular flexibility index (Phi) is 4.30. The summed E-state index contributed by atoms with van der Waals surface area (Å²) in [7, 11) is 0. The molecule has 1 aromatic carbocycles. The van der Waals surface area contributed by atoms with Gasteiger partial charge >= 0.3 is 12.1 Å². The minimum Gasteiger partial charge on any atom is -0.375 e. The lowest BCUT2D eigenvalue weighted by Gasteiger charge is -2.07. The van der Waals surface area contributed by atoms with E-state index in [9.17, 15) is 9.90 Å². The number of ether oxygens (including phenoxy) is 1. The molecule has 0 aliphatic heterocycles. The highest BCUT2D eigenvalue weighted by molar-refractivity contribution is 5.80. The summed E-state index contributed by atoms with van der Waals surface area (Å²) < 4.78 is 4.81. The van der Waals surface area contributed by atoms with Crippen LogP contribution in [0.25, 0.3) is 17.0 Å². The highest BCUT2D eigenvalue weighted by atomic mass is 16.6. The Labute approximate surface area is 131 Å². The fourth-order valence-electron chi connectivity index (χ4n) is 1.97. The maximum atomic E-state index is 11.5. The molecule has 0 aliphatic carbocycles. The number of aliphatic hydroxyl groups is 1. The number of nitrogens with one attached hydrogen (secondary N) is 2. The zero-order valence-corrected chi connectivity index (χ0v) is 12.0. The van der Waals surface area contributed by atoms with Gasteiger partial charge in [0, 0.05) is 24.0 Å². The van der Waals surface area contributed by atoms with Crippen molar-refractivity contribution in [2.75, 3.05) is 0 Å². The molecule has 0 radical (unpaired) electrons. The van der Waals surface area contributed by atoms with E-state index in [0.717, 1.165) is 16.5 Å². The van der Waals surface area contributed by atoms with Crippen molar-refractivity contribution < 1.29 is 14.6 Å². The number of aliphatic hydroxyl groups excluding tert-OH is 1. The first-order valence-corrected chi connectivity index (χ1v) is 6.89. The molecule has 3 aromatic rings. The van der Waals surface area contributed by atoms with E-state index in [0.29, 0.717) is 0 Å². The molecule has 0 spiro atoms. The van der Waals surface area contributed by atoms with Crippen molar-refractivity contribution in [2.45, 2.75) is 6.23 Å². The van der Waals surface area contributed by atoms with Crippen molar-refractivity contribution in [1.29, 1.82) is 0 Å². The highest BCUT2D eigenvalue weighted by Crippen LogP contribution is 2.13. The Balaban J connectivity index is 1.60. The van der Waals surface area contributed by atoms with Crippen LogP contribution in [-0.2, 0) is 0 Å². The smallest absolute Gasteiger partial charge is 0.375 e. The van der Waals surface area contributed by atoms with Gasteiger partial charge in [-0.25, -0.2) is 9.78 Å². The number of aromatic nitrogens is 3. The Bertz CT molecular complexity index is 830. The molecule has 0 aliphatic rings. The number of carbonyl (C=O) groups excluding carboxylic acids is 1. The van der Waals surface area contributed by atoms with Crippen LogP contribution in [0.15, 0.2) is 55.0 Å². The molecule has 23 heavy (non-hydrogen) atoms. The van der Waals surface area contributed by atoms with Crippen LogP contribution in [0, 0.1) is 0 Å². The van der Waals surface area contributed by atoms with Crippen molar-refractivity contribution in [3.8, 4) is 6.01 Å². The van der Waals surface area contributed by atoms with Crippen molar-refractivity contribution in [3.63, 3.8) is 0 Å². The molecule has 1 unspecified atom stereocenters. The lowest BCUT2D eigenvalue weighted by molar-refractivity contribution is 0.152. The molecule has 0 bridgehead atoms. The van der Waals surface area contributed by atoms with E-state index in [-0.39, 0.29) is 6.01 Å². The number of fused-ring (bicyclic) bond motifs is 1. The molecule has 0 saturated heterocycles. The summed E-state index contributed by atoms with van der Waals surface area (Å²) in [6, 6.07) is 9.71. The van der Waals surface area contributed by atoms with E-state index in [1.54, 1.807) is 12.3 Å². The molecule has 3 N–H and O–H groups in total. The van der Waals surface area contributed by atoms with E-state index < -0.39 is 12.3 Å². The average Bonchev–Trinajstić information content (AvgIpc) is 3.05. The molecule has 1 atom stereocenters. The summed E-state index contributed by atoms with van der Waals surface area (Å²) >= 11 is 0. The van der Waals surface area contributed by atoms with Crippen molar-refractivity contribution >= 4 is 23.1 Å². The van der Waals surface area contributed by atoms with Gasteiger partial charge in [-0.1, -0.05) is 24.3 Å². The third kappa shape index (κ3) is 3.92. The molecular formula is C16H14N4O3. The van der Waals surface area contributed by atoms with Gasteiger partial charge in [0.25, 0.3) is 0 Å². The molecule has 7 heteroatoms. The fraction of sp³-hybridized carbons (Fsp3) is 0.0625. The number of amides is 1. The monoisotopic (exact) mass is 310 g/mol. The van der Waals surface area contributed by atoms with Gasteiger partial charge in [-0.3, -0.25) is 10.3 Å². The molecule has 116 valence electrons. The van der Waals surface area contributed by atoms with Crippen LogP contribution in [-0.4, -0.2) is 32.4 Å². The zero-order valence-electron chi connectivity index (χ0n) is 12.0. The van der Waals surface area contributed by atoms with E-state index in [1.165, 1.54) is 18.5 Å². The highest BCUT2D eigenvalue weighted by Gasteiger charge is 2.09. The molecule has 0 saturated carbocycles. The summed E-state index contributed by atoms with van der Waals surface area (Å²) in [5, 5.41) is 13.0. The number of H-pyrrole nitrogens is 1. The van der Waals surface area contributed by atoms with Crippen LogP contribution in [0.2, 0.25) is 0 Å². The number of hydrogen-bond acceptors (Lipinski definition) is 5. The molecule has 2 heterocycles. The third-order valence-electron chi connectivity index (χ3n) is 3.01. The van der Waals surface area contributed by atoms with Crippen LogP contribution >= 0.6 is 0 Å². The van der Waals surface area contributed by atoms with E-state index in [4.69, 9.17) is 4.74 Å². The van der Waals surface area contributed by atoms with Gasteiger partial charge in [0.15, 0.2) is 0 Å². The predicted molar refractivity (Wildman–Crippen MR) is 84.5 cm³/mol. The first-order valence-electron chi connectivity index (χ1n) is 6.89. The Hall–Kier alpha value is -3.19. The lowest BCUT2D eigenvalue weighted by atomic mass is 10.1. The maximum Gasteiger partial charge on any atom is 0.417 e. The summed E-state index contributed by atoms with van der Waals surface area (Å²) in [6.07, 6.45) is 5.74. The molecule has 3 rings (SSSR count). The summed E-state index contributed by atoms with van der Waals surface area (Å²) in [5.41, 5.74) is 1.70. The second-order valence-corrected chi connectivity index (χ2v) is 4.69. The number of carbonyl (C=O) groups is 1. The van der Waals surface area contributed by atoms with Gasteiger partial charge < -0.3 is 14.8 Å². The van der Waals surface area contributed by atoms with Gasteiger partial charge in [0.1, 0.15) is 6.23 Å². The average molecular weight is 310 g/mol. The van der Waals surface area contributed by atoms with Gasteiger partial charge in [0.05, 0.1) is 5.52 Å².